The van der Waals surface area contributed by atoms with Gasteiger partial charge in [0.05, 0.1) is 25.9 Å². The molecule has 0 aliphatic rings. The lowest BCUT2D eigenvalue weighted by molar-refractivity contribution is 0.0599. The number of hydrogen-bond donors (Lipinski definition) is 1. The molecule has 0 atom stereocenters. The van der Waals surface area contributed by atoms with Crippen LogP contribution < -0.4 is 5.32 Å². The van der Waals surface area contributed by atoms with Crippen LogP contribution in [-0.4, -0.2) is 18.1 Å². The Balaban J connectivity index is 1.93. The third kappa shape index (κ3) is 3.08. The number of aryl methyl sites for hydroxylation is 3. The molecule has 0 fully saturated rings. The Kier molecular flexibility index (Phi) is 4.24. The van der Waals surface area contributed by atoms with E-state index < -0.39 is 5.97 Å². The van der Waals surface area contributed by atoms with Gasteiger partial charge in [0.15, 0.2) is 0 Å². The maximum absolute atomic E-state index is 11.5. The van der Waals surface area contributed by atoms with Gasteiger partial charge in [-0.3, -0.25) is 0 Å². The molecular formula is C14H18N2O4. The van der Waals surface area contributed by atoms with Crippen molar-refractivity contribution in [3.63, 3.8) is 0 Å². The summed E-state index contributed by atoms with van der Waals surface area (Å²) in [7, 11) is 1.35. The summed E-state index contributed by atoms with van der Waals surface area (Å²) in [4.78, 5) is 15.7. The number of oxazole rings is 1. The predicted octanol–water partition coefficient (Wildman–Crippen LogP) is 2.27. The fourth-order valence-corrected chi connectivity index (χ4v) is 1.85. The van der Waals surface area contributed by atoms with Crippen molar-refractivity contribution in [2.45, 2.75) is 33.9 Å². The first-order valence-electron chi connectivity index (χ1n) is 6.32. The van der Waals surface area contributed by atoms with Crippen LogP contribution in [0.3, 0.4) is 0 Å². The van der Waals surface area contributed by atoms with Gasteiger partial charge in [-0.1, -0.05) is 0 Å². The van der Waals surface area contributed by atoms with Gasteiger partial charge < -0.3 is 18.9 Å². The molecule has 1 N–H and O–H groups in total. The highest BCUT2D eigenvalue weighted by Gasteiger charge is 2.15. The van der Waals surface area contributed by atoms with E-state index in [-0.39, 0.29) is 0 Å². The molecule has 20 heavy (non-hydrogen) atoms. The first kappa shape index (κ1) is 14.3. The van der Waals surface area contributed by atoms with E-state index in [1.807, 2.05) is 13.8 Å². The SMILES string of the molecule is COC(=O)c1cc(CNCc2nc(C)c(C)o2)oc1C. The first-order chi connectivity index (χ1) is 9.51. The lowest BCUT2D eigenvalue weighted by Crippen LogP contribution is -2.12. The van der Waals surface area contributed by atoms with Crippen molar-refractivity contribution in [3.05, 3.63) is 40.5 Å². The van der Waals surface area contributed by atoms with Gasteiger partial charge >= 0.3 is 5.97 Å². The molecule has 2 aromatic heterocycles. The molecular weight excluding hydrogens is 260 g/mol. The molecule has 2 heterocycles. The molecule has 0 amide bonds. The van der Waals surface area contributed by atoms with Gasteiger partial charge in [0.2, 0.25) is 5.89 Å². The van der Waals surface area contributed by atoms with Crippen LogP contribution in [0.15, 0.2) is 14.9 Å². The molecule has 2 aromatic rings. The van der Waals surface area contributed by atoms with E-state index in [2.05, 4.69) is 15.0 Å². The Morgan fingerprint density at radius 1 is 1.25 bits per heavy atom. The van der Waals surface area contributed by atoms with Crippen molar-refractivity contribution in [1.82, 2.24) is 10.3 Å². The molecule has 6 heteroatoms. The zero-order chi connectivity index (χ0) is 14.7. The summed E-state index contributed by atoms with van der Waals surface area (Å²) in [6.07, 6.45) is 0. The monoisotopic (exact) mass is 278 g/mol. The van der Waals surface area contributed by atoms with Crippen LogP contribution in [0.2, 0.25) is 0 Å². The highest BCUT2D eigenvalue weighted by atomic mass is 16.5. The number of hydrogen-bond acceptors (Lipinski definition) is 6. The molecule has 6 nitrogen and oxygen atoms in total. The fourth-order valence-electron chi connectivity index (χ4n) is 1.85. The van der Waals surface area contributed by atoms with Crippen LogP contribution >= 0.6 is 0 Å². The zero-order valence-corrected chi connectivity index (χ0v) is 12.1. The van der Waals surface area contributed by atoms with Crippen LogP contribution in [-0.2, 0) is 17.8 Å². The van der Waals surface area contributed by atoms with Gasteiger partial charge in [-0.25, -0.2) is 9.78 Å². The predicted molar refractivity (Wildman–Crippen MR) is 71.3 cm³/mol. The number of nitrogens with zero attached hydrogens (tertiary/aromatic N) is 1. The maximum Gasteiger partial charge on any atom is 0.341 e. The number of rotatable bonds is 5. The van der Waals surface area contributed by atoms with E-state index in [9.17, 15) is 4.79 Å². The quantitative estimate of drug-likeness (QED) is 0.845. The van der Waals surface area contributed by atoms with Crippen LogP contribution in [0.1, 0.15) is 39.2 Å². The number of carbonyl (C=O) groups excluding carboxylic acids is 1. The molecule has 0 spiro atoms. The summed E-state index contributed by atoms with van der Waals surface area (Å²) in [6, 6.07) is 1.68. The molecule has 0 saturated heterocycles. The Morgan fingerprint density at radius 3 is 2.60 bits per heavy atom. The molecule has 0 radical (unpaired) electrons. The maximum atomic E-state index is 11.5. The molecule has 2 rings (SSSR count). The van der Waals surface area contributed by atoms with Crippen molar-refractivity contribution in [3.8, 4) is 0 Å². The molecule has 0 aromatic carbocycles. The number of carbonyl (C=O) groups is 1. The molecule has 108 valence electrons. The third-order valence-corrected chi connectivity index (χ3v) is 3.02. The average Bonchev–Trinajstić information content (AvgIpc) is 2.92. The first-order valence-corrected chi connectivity index (χ1v) is 6.32. The van der Waals surface area contributed by atoms with Crippen LogP contribution in [0.25, 0.3) is 0 Å². The number of ether oxygens (including phenoxy) is 1. The van der Waals surface area contributed by atoms with Gasteiger partial charge in [-0.05, 0) is 26.8 Å². The largest absolute Gasteiger partial charge is 0.465 e. The van der Waals surface area contributed by atoms with Crippen molar-refractivity contribution in [2.24, 2.45) is 0 Å². The molecule has 0 aliphatic carbocycles. The smallest absolute Gasteiger partial charge is 0.341 e. The molecule has 0 unspecified atom stereocenters. The van der Waals surface area contributed by atoms with Crippen LogP contribution in [0, 0.1) is 20.8 Å². The minimum absolute atomic E-state index is 0.392. The number of methoxy groups -OCH3 is 1. The molecule has 0 saturated carbocycles. The Labute approximate surface area is 117 Å². The second kappa shape index (κ2) is 5.92. The Hall–Kier alpha value is -2.08. The van der Waals surface area contributed by atoms with Gasteiger partial charge in [0.1, 0.15) is 22.8 Å². The number of nitrogens with one attached hydrogen (secondary N) is 1. The number of esters is 1. The van der Waals surface area contributed by atoms with Crippen molar-refractivity contribution >= 4 is 5.97 Å². The van der Waals surface area contributed by atoms with Gasteiger partial charge in [0, 0.05) is 0 Å². The summed E-state index contributed by atoms with van der Waals surface area (Å²) in [5.74, 6) is 2.29. The van der Waals surface area contributed by atoms with E-state index >= 15 is 0 Å². The van der Waals surface area contributed by atoms with E-state index in [1.54, 1.807) is 13.0 Å². The minimum atomic E-state index is -0.392. The topological polar surface area (TPSA) is 77.5 Å². The summed E-state index contributed by atoms with van der Waals surface area (Å²) < 4.78 is 15.6. The highest BCUT2D eigenvalue weighted by Crippen LogP contribution is 2.15. The normalized spacial score (nSPS) is 10.8. The second-order valence-corrected chi connectivity index (χ2v) is 4.53. The second-order valence-electron chi connectivity index (χ2n) is 4.53. The Morgan fingerprint density at radius 2 is 2.00 bits per heavy atom. The third-order valence-electron chi connectivity index (χ3n) is 3.02. The summed E-state index contributed by atoms with van der Waals surface area (Å²) >= 11 is 0. The van der Waals surface area contributed by atoms with E-state index in [0.717, 1.165) is 11.5 Å². The zero-order valence-electron chi connectivity index (χ0n) is 12.1. The average molecular weight is 278 g/mol. The summed E-state index contributed by atoms with van der Waals surface area (Å²) in [5, 5.41) is 3.15. The fraction of sp³-hybridized carbons (Fsp3) is 0.429. The van der Waals surface area contributed by atoms with E-state index in [4.69, 9.17) is 8.83 Å². The molecule has 0 bridgehead atoms. The lowest BCUT2D eigenvalue weighted by Gasteiger charge is -1.98. The number of aromatic nitrogens is 1. The van der Waals surface area contributed by atoms with Gasteiger partial charge in [-0.2, -0.15) is 0 Å². The summed E-state index contributed by atoms with van der Waals surface area (Å²) in [6.45, 7) is 6.50. The van der Waals surface area contributed by atoms with Gasteiger partial charge in [-0.15, -0.1) is 0 Å². The Bertz CT molecular complexity index is 593. The van der Waals surface area contributed by atoms with Crippen molar-refractivity contribution in [1.29, 1.82) is 0 Å². The molecule has 0 aliphatic heterocycles. The summed E-state index contributed by atoms with van der Waals surface area (Å²) in [5.41, 5.74) is 1.34. The van der Waals surface area contributed by atoms with Crippen LogP contribution in [0.5, 0.6) is 0 Å². The standard InChI is InChI=1S/C14H18N2O4/c1-8-9(2)20-13(16-8)7-15-6-11-5-12(10(3)19-11)14(17)18-4/h5,15H,6-7H2,1-4H3. The highest BCUT2D eigenvalue weighted by molar-refractivity contribution is 5.90. The van der Waals surface area contributed by atoms with Crippen molar-refractivity contribution in [2.75, 3.05) is 7.11 Å². The lowest BCUT2D eigenvalue weighted by atomic mass is 10.2. The van der Waals surface area contributed by atoms with Gasteiger partial charge in [0.25, 0.3) is 0 Å². The van der Waals surface area contributed by atoms with Crippen molar-refractivity contribution < 1.29 is 18.4 Å². The minimum Gasteiger partial charge on any atom is -0.465 e. The number of furan rings is 1. The van der Waals surface area contributed by atoms with E-state index in [1.165, 1.54) is 7.11 Å². The van der Waals surface area contributed by atoms with Crippen LogP contribution in [0.4, 0.5) is 0 Å². The van der Waals surface area contributed by atoms with E-state index in [0.29, 0.717) is 36.1 Å².